The van der Waals surface area contributed by atoms with Gasteiger partial charge in [0.05, 0.1) is 22.8 Å². The van der Waals surface area contributed by atoms with Gasteiger partial charge in [0.15, 0.2) is 11.5 Å². The third-order valence-electron chi connectivity index (χ3n) is 7.22. The molecule has 1 N–H and O–H groups in total. The molecule has 1 fully saturated rings. The summed E-state index contributed by atoms with van der Waals surface area (Å²) in [5.41, 5.74) is 5.22. The number of piperidine rings is 1. The zero-order valence-electron chi connectivity index (χ0n) is 21.3. The first-order valence-electron chi connectivity index (χ1n) is 13.0. The van der Waals surface area contributed by atoms with E-state index in [-0.39, 0.29) is 18.5 Å². The minimum Gasteiger partial charge on any atom is -0.454 e. The minimum absolute atomic E-state index is 0.0249. The Morgan fingerprint density at radius 1 is 0.947 bits per heavy atom. The van der Waals surface area contributed by atoms with E-state index in [0.29, 0.717) is 31.7 Å². The highest BCUT2D eigenvalue weighted by Gasteiger charge is 2.31. The predicted octanol–water partition coefficient (Wildman–Crippen LogP) is 5.14. The van der Waals surface area contributed by atoms with E-state index in [1.165, 1.54) is 0 Å². The van der Waals surface area contributed by atoms with Crippen LogP contribution in [0, 0.1) is 0 Å². The molecule has 0 spiro atoms. The average Bonchev–Trinajstić information content (AvgIpc) is 3.61. The van der Waals surface area contributed by atoms with E-state index in [2.05, 4.69) is 11.9 Å². The van der Waals surface area contributed by atoms with E-state index >= 15 is 0 Å². The Bertz CT molecular complexity index is 1540. The van der Waals surface area contributed by atoms with Crippen LogP contribution in [0.4, 0.5) is 0 Å². The Hall–Kier alpha value is -3.69. The first-order valence-corrected chi connectivity index (χ1v) is 14.6. The lowest BCUT2D eigenvalue weighted by molar-refractivity contribution is 0.174. The van der Waals surface area contributed by atoms with Crippen molar-refractivity contribution < 1.29 is 17.9 Å². The maximum atomic E-state index is 13.1. The normalized spacial score (nSPS) is 16.1. The molecule has 38 heavy (non-hydrogen) atoms. The Morgan fingerprint density at radius 3 is 2.53 bits per heavy atom. The van der Waals surface area contributed by atoms with Gasteiger partial charge in [-0.05, 0) is 55.2 Å². The molecule has 6 rings (SSSR count). The number of rotatable bonds is 7. The van der Waals surface area contributed by atoms with Crippen molar-refractivity contribution >= 4 is 10.0 Å². The lowest BCUT2D eigenvalue weighted by atomic mass is 9.97. The van der Waals surface area contributed by atoms with Gasteiger partial charge in [0.25, 0.3) is 0 Å². The second-order valence-electron chi connectivity index (χ2n) is 9.70. The second kappa shape index (κ2) is 10.2. The highest BCUT2D eigenvalue weighted by molar-refractivity contribution is 7.88. The van der Waals surface area contributed by atoms with Gasteiger partial charge in [-0.2, -0.15) is 0 Å². The number of fused-ring (bicyclic) bond motifs is 1. The summed E-state index contributed by atoms with van der Waals surface area (Å²) in [4.78, 5) is 13.5. The SMILES string of the molecule is CCc1cccc(-c2[nH]c(C3CCN(S(=O)(=O)Cc4ccccc4)CC3)nc2-c2ccc3c(c2)OCO3)n1. The molecule has 2 aromatic carbocycles. The second-order valence-corrected chi connectivity index (χ2v) is 11.7. The number of H-pyrrole nitrogens is 1. The van der Waals surface area contributed by atoms with Crippen LogP contribution >= 0.6 is 0 Å². The van der Waals surface area contributed by atoms with Crippen LogP contribution in [0.3, 0.4) is 0 Å². The van der Waals surface area contributed by atoms with Gasteiger partial charge in [0.2, 0.25) is 16.8 Å². The zero-order valence-corrected chi connectivity index (χ0v) is 22.1. The van der Waals surface area contributed by atoms with Crippen molar-refractivity contribution in [3.05, 3.63) is 83.8 Å². The van der Waals surface area contributed by atoms with Crippen molar-refractivity contribution in [3.8, 4) is 34.1 Å². The van der Waals surface area contributed by atoms with Crippen LogP contribution in [0.15, 0.2) is 66.7 Å². The van der Waals surface area contributed by atoms with Crippen molar-refractivity contribution in [2.24, 2.45) is 0 Å². The number of ether oxygens (including phenoxy) is 2. The van der Waals surface area contributed by atoms with E-state index in [1.54, 1.807) is 4.31 Å². The van der Waals surface area contributed by atoms with Crippen molar-refractivity contribution in [2.45, 2.75) is 37.9 Å². The molecular weight excluding hydrogens is 500 g/mol. The number of pyridine rings is 1. The monoisotopic (exact) mass is 530 g/mol. The van der Waals surface area contributed by atoms with Crippen LogP contribution in [0.5, 0.6) is 11.5 Å². The van der Waals surface area contributed by atoms with Gasteiger partial charge in [0.1, 0.15) is 5.82 Å². The van der Waals surface area contributed by atoms with Gasteiger partial charge < -0.3 is 14.5 Å². The van der Waals surface area contributed by atoms with E-state index < -0.39 is 10.0 Å². The van der Waals surface area contributed by atoms with Gasteiger partial charge in [-0.3, -0.25) is 4.98 Å². The molecule has 9 heteroatoms. The van der Waals surface area contributed by atoms with E-state index in [4.69, 9.17) is 19.4 Å². The number of aromatic nitrogens is 3. The molecule has 8 nitrogen and oxygen atoms in total. The molecule has 0 bridgehead atoms. The maximum absolute atomic E-state index is 13.1. The average molecular weight is 531 g/mol. The van der Waals surface area contributed by atoms with Gasteiger partial charge in [0, 0.05) is 30.3 Å². The molecule has 1 saturated heterocycles. The number of aromatic amines is 1. The summed E-state index contributed by atoms with van der Waals surface area (Å²) in [6.07, 6.45) is 2.23. The summed E-state index contributed by atoms with van der Waals surface area (Å²) < 4.78 is 38.8. The van der Waals surface area contributed by atoms with Gasteiger partial charge in [-0.1, -0.05) is 43.3 Å². The summed E-state index contributed by atoms with van der Waals surface area (Å²) in [6.45, 7) is 3.24. The first-order chi connectivity index (χ1) is 18.5. The zero-order chi connectivity index (χ0) is 26.1. The summed E-state index contributed by atoms with van der Waals surface area (Å²) in [7, 11) is -3.38. The standard InChI is InChI=1S/C29H30N4O4S/c1-2-23-9-6-10-24(30-23)28-27(22-11-12-25-26(17-22)37-19-36-25)31-29(32-28)21-13-15-33(16-14-21)38(34,35)18-20-7-4-3-5-8-20/h3-12,17,21H,2,13-16,18-19H2,1H3,(H,31,32). The molecule has 2 aliphatic rings. The number of hydrogen-bond donors (Lipinski definition) is 1. The van der Waals surface area contributed by atoms with E-state index in [9.17, 15) is 8.42 Å². The largest absolute Gasteiger partial charge is 0.454 e. The molecule has 0 saturated carbocycles. The number of nitrogens with zero attached hydrogens (tertiary/aromatic N) is 3. The third-order valence-corrected chi connectivity index (χ3v) is 9.07. The molecule has 0 atom stereocenters. The molecule has 0 aliphatic carbocycles. The van der Waals surface area contributed by atoms with Crippen LogP contribution in [0.25, 0.3) is 22.6 Å². The molecule has 0 amide bonds. The fourth-order valence-corrected chi connectivity index (χ4v) is 6.69. The summed E-state index contributed by atoms with van der Waals surface area (Å²) in [5.74, 6) is 2.42. The van der Waals surface area contributed by atoms with Crippen molar-refractivity contribution in [3.63, 3.8) is 0 Å². The van der Waals surface area contributed by atoms with Crippen molar-refractivity contribution in [1.29, 1.82) is 0 Å². The molecule has 4 aromatic rings. The first kappa shape index (κ1) is 24.6. The van der Waals surface area contributed by atoms with Crippen LogP contribution < -0.4 is 9.47 Å². The van der Waals surface area contributed by atoms with Gasteiger partial charge >= 0.3 is 0 Å². The van der Waals surface area contributed by atoms with Crippen LogP contribution in [-0.4, -0.2) is 47.6 Å². The summed E-state index contributed by atoms with van der Waals surface area (Å²) >= 11 is 0. The van der Waals surface area contributed by atoms with Crippen molar-refractivity contribution in [1.82, 2.24) is 19.3 Å². The summed E-state index contributed by atoms with van der Waals surface area (Å²) in [5, 5.41) is 0. The Balaban J connectivity index is 1.27. The van der Waals surface area contributed by atoms with Gasteiger partial charge in [-0.25, -0.2) is 17.7 Å². The van der Waals surface area contributed by atoms with Gasteiger partial charge in [-0.15, -0.1) is 0 Å². The van der Waals surface area contributed by atoms with Crippen molar-refractivity contribution in [2.75, 3.05) is 19.9 Å². The fraction of sp³-hybridized carbons (Fsp3) is 0.310. The van der Waals surface area contributed by atoms with Crippen LogP contribution in [0.2, 0.25) is 0 Å². The smallest absolute Gasteiger partial charge is 0.231 e. The highest BCUT2D eigenvalue weighted by atomic mass is 32.2. The molecule has 4 heterocycles. The number of sulfonamides is 1. The predicted molar refractivity (Wildman–Crippen MR) is 145 cm³/mol. The van der Waals surface area contributed by atoms with Crippen LogP contribution in [0.1, 0.15) is 42.8 Å². The number of imidazole rings is 1. The van der Waals surface area contributed by atoms with Crippen LogP contribution in [-0.2, 0) is 22.2 Å². The lowest BCUT2D eigenvalue weighted by Gasteiger charge is -2.30. The lowest BCUT2D eigenvalue weighted by Crippen LogP contribution is -2.38. The number of benzene rings is 2. The number of hydrogen-bond acceptors (Lipinski definition) is 6. The Kier molecular flexibility index (Phi) is 6.63. The molecule has 0 unspecified atom stereocenters. The molecule has 196 valence electrons. The number of aryl methyl sites for hydroxylation is 1. The molecule has 2 aliphatic heterocycles. The Labute approximate surface area is 222 Å². The molecular formula is C29H30N4O4S. The highest BCUT2D eigenvalue weighted by Crippen LogP contribution is 2.39. The Morgan fingerprint density at radius 2 is 1.74 bits per heavy atom. The maximum Gasteiger partial charge on any atom is 0.231 e. The van der Waals surface area contributed by atoms with E-state index in [1.807, 2.05) is 66.7 Å². The third kappa shape index (κ3) is 4.91. The quantitative estimate of drug-likeness (QED) is 0.355. The summed E-state index contributed by atoms with van der Waals surface area (Å²) in [6, 6.07) is 21.2. The van der Waals surface area contributed by atoms with E-state index in [0.717, 1.165) is 51.9 Å². The topological polar surface area (TPSA) is 97.4 Å². The molecule has 2 aromatic heterocycles. The number of nitrogens with one attached hydrogen (secondary N) is 1. The molecule has 0 radical (unpaired) electrons. The fourth-order valence-electron chi connectivity index (χ4n) is 5.12. The minimum atomic E-state index is -3.38.